The van der Waals surface area contributed by atoms with Crippen molar-refractivity contribution in [3.63, 3.8) is 0 Å². The molecule has 27 heavy (non-hydrogen) atoms. The first kappa shape index (κ1) is 18.5. The maximum atomic E-state index is 12.7. The molecule has 0 unspecified atom stereocenters. The molecule has 0 aliphatic carbocycles. The molecule has 138 valence electrons. The average molecular weight is 369 g/mol. The lowest BCUT2D eigenvalue weighted by Crippen LogP contribution is -2.18. The minimum absolute atomic E-state index is 0.178. The van der Waals surface area contributed by atoms with Crippen molar-refractivity contribution in [2.45, 2.75) is 19.8 Å². The molecule has 0 amide bonds. The molecule has 2 aromatic heterocycles. The molecule has 0 spiro atoms. The maximum absolute atomic E-state index is 12.7. The summed E-state index contributed by atoms with van der Waals surface area (Å²) in [5.74, 6) is 0.329. The zero-order valence-corrected chi connectivity index (χ0v) is 14.9. The summed E-state index contributed by atoms with van der Waals surface area (Å²) < 4.78 is 31.2. The Morgan fingerprint density at radius 3 is 2.85 bits per heavy atom. The van der Waals surface area contributed by atoms with Gasteiger partial charge in [-0.25, -0.2) is 0 Å². The minimum atomic E-state index is -1.72. The van der Waals surface area contributed by atoms with E-state index in [1.165, 1.54) is 4.57 Å². The number of aromatic nitrogens is 2. The van der Waals surface area contributed by atoms with Gasteiger partial charge >= 0.3 is 0 Å². The predicted octanol–water partition coefficient (Wildman–Crippen LogP) is 4.21. The van der Waals surface area contributed by atoms with E-state index < -0.39 is 6.08 Å². The SMILES string of the molecule is Cc1nccc2c1c(=O)n(C)c1cc(OCCCC=C(F)F)c(C#N)cc21. The Hall–Kier alpha value is -3.27. The molecule has 0 bridgehead atoms. The van der Waals surface area contributed by atoms with E-state index in [4.69, 9.17) is 4.74 Å². The number of allylic oxidation sites excluding steroid dienone is 1. The van der Waals surface area contributed by atoms with E-state index >= 15 is 0 Å². The zero-order chi connectivity index (χ0) is 19.6. The minimum Gasteiger partial charge on any atom is -0.492 e. The Bertz CT molecular complexity index is 1160. The Balaban J connectivity index is 2.09. The molecule has 0 N–H and O–H groups in total. The summed E-state index contributed by atoms with van der Waals surface area (Å²) in [5, 5.41) is 11.5. The van der Waals surface area contributed by atoms with Crippen LogP contribution in [0.15, 0.2) is 41.3 Å². The molecule has 0 fully saturated rings. The number of nitrogens with zero attached hydrogens (tertiary/aromatic N) is 3. The van der Waals surface area contributed by atoms with Gasteiger partial charge in [0.05, 0.1) is 28.8 Å². The Labute approximate surface area is 154 Å². The number of hydrogen-bond acceptors (Lipinski definition) is 4. The number of halogens is 2. The fraction of sp³-hybridized carbons (Fsp3) is 0.250. The summed E-state index contributed by atoms with van der Waals surface area (Å²) in [7, 11) is 1.65. The predicted molar refractivity (Wildman–Crippen MR) is 99.0 cm³/mol. The maximum Gasteiger partial charge on any atom is 0.266 e. The highest BCUT2D eigenvalue weighted by Crippen LogP contribution is 2.30. The first-order valence-electron chi connectivity index (χ1n) is 8.40. The normalized spacial score (nSPS) is 10.8. The summed E-state index contributed by atoms with van der Waals surface area (Å²) in [6, 6.07) is 7.19. The Kier molecular flexibility index (Phi) is 5.17. The van der Waals surface area contributed by atoms with E-state index in [1.807, 2.05) is 0 Å². The number of fused-ring (bicyclic) bond motifs is 3. The molecule has 2 heterocycles. The second-order valence-electron chi connectivity index (χ2n) is 6.14. The summed E-state index contributed by atoms with van der Waals surface area (Å²) in [4.78, 5) is 16.9. The van der Waals surface area contributed by atoms with Crippen LogP contribution in [0, 0.1) is 18.3 Å². The lowest BCUT2D eigenvalue weighted by Gasteiger charge is -2.14. The van der Waals surface area contributed by atoms with Crippen molar-refractivity contribution in [3.05, 3.63) is 58.2 Å². The van der Waals surface area contributed by atoms with Gasteiger partial charge in [-0.2, -0.15) is 14.0 Å². The van der Waals surface area contributed by atoms with Crippen molar-refractivity contribution in [1.82, 2.24) is 9.55 Å². The molecule has 0 atom stereocenters. The summed E-state index contributed by atoms with van der Waals surface area (Å²) in [5.41, 5.74) is 1.40. The molecule has 7 heteroatoms. The van der Waals surface area contributed by atoms with Gasteiger partial charge in [0.25, 0.3) is 11.6 Å². The van der Waals surface area contributed by atoms with Gasteiger partial charge in [0.1, 0.15) is 11.8 Å². The van der Waals surface area contributed by atoms with Gasteiger partial charge in [-0.15, -0.1) is 0 Å². The quantitative estimate of drug-likeness (QED) is 0.499. The summed E-state index contributed by atoms with van der Waals surface area (Å²) in [6.07, 6.45) is 1.32. The highest BCUT2D eigenvalue weighted by Gasteiger charge is 2.15. The molecule has 0 aliphatic heterocycles. The number of pyridine rings is 2. The largest absolute Gasteiger partial charge is 0.492 e. The molecule has 0 saturated heterocycles. The monoisotopic (exact) mass is 369 g/mol. The van der Waals surface area contributed by atoms with E-state index in [9.17, 15) is 18.8 Å². The number of unbranched alkanes of at least 4 members (excludes halogenated alkanes) is 1. The van der Waals surface area contributed by atoms with Crippen LogP contribution < -0.4 is 10.3 Å². The smallest absolute Gasteiger partial charge is 0.266 e. The topological polar surface area (TPSA) is 67.9 Å². The summed E-state index contributed by atoms with van der Waals surface area (Å²) >= 11 is 0. The average Bonchev–Trinajstić information content (AvgIpc) is 2.65. The van der Waals surface area contributed by atoms with Gasteiger partial charge in [-0.3, -0.25) is 9.78 Å². The third kappa shape index (κ3) is 3.51. The molecule has 5 nitrogen and oxygen atoms in total. The number of ether oxygens (including phenoxy) is 1. The number of rotatable bonds is 5. The van der Waals surface area contributed by atoms with Crippen LogP contribution in [0.4, 0.5) is 8.78 Å². The van der Waals surface area contributed by atoms with Crippen LogP contribution in [-0.4, -0.2) is 16.2 Å². The molecule has 3 rings (SSSR count). The van der Waals surface area contributed by atoms with Crippen LogP contribution in [0.25, 0.3) is 21.7 Å². The lowest BCUT2D eigenvalue weighted by atomic mass is 10.0. The number of aryl methyl sites for hydroxylation is 2. The Morgan fingerprint density at radius 2 is 2.15 bits per heavy atom. The first-order valence-corrected chi connectivity index (χ1v) is 8.40. The fourth-order valence-corrected chi connectivity index (χ4v) is 3.08. The van der Waals surface area contributed by atoms with Crippen LogP contribution >= 0.6 is 0 Å². The highest BCUT2D eigenvalue weighted by atomic mass is 19.3. The first-order chi connectivity index (χ1) is 12.9. The molecular weight excluding hydrogens is 352 g/mol. The van der Waals surface area contributed by atoms with Gasteiger partial charge in [-0.05, 0) is 43.4 Å². The van der Waals surface area contributed by atoms with Crippen LogP contribution in [0.3, 0.4) is 0 Å². The van der Waals surface area contributed by atoms with Crippen molar-refractivity contribution in [2.24, 2.45) is 7.05 Å². The van der Waals surface area contributed by atoms with Crippen molar-refractivity contribution in [1.29, 1.82) is 5.26 Å². The molecule has 3 aromatic rings. The standard InChI is InChI=1S/C20H17F2N3O2/c1-12-19-14(6-7-24-12)15-9-13(11-23)17(10-16(15)25(2)20(19)26)27-8-4-3-5-18(21)22/h5-7,9-10H,3-4,8H2,1-2H3. The van der Waals surface area contributed by atoms with Gasteiger partial charge in [0.2, 0.25) is 0 Å². The van der Waals surface area contributed by atoms with Crippen molar-refractivity contribution < 1.29 is 13.5 Å². The van der Waals surface area contributed by atoms with Crippen LogP contribution in [0.5, 0.6) is 5.75 Å². The summed E-state index contributed by atoms with van der Waals surface area (Å²) in [6.45, 7) is 1.96. The lowest BCUT2D eigenvalue weighted by molar-refractivity contribution is 0.310. The van der Waals surface area contributed by atoms with Crippen LogP contribution in [-0.2, 0) is 7.05 Å². The van der Waals surface area contributed by atoms with Crippen molar-refractivity contribution in [3.8, 4) is 11.8 Å². The Morgan fingerprint density at radius 1 is 1.37 bits per heavy atom. The molecule has 0 saturated carbocycles. The van der Waals surface area contributed by atoms with E-state index in [-0.39, 0.29) is 18.6 Å². The van der Waals surface area contributed by atoms with Gasteiger partial charge in [0, 0.05) is 24.7 Å². The van der Waals surface area contributed by atoms with Crippen molar-refractivity contribution in [2.75, 3.05) is 6.61 Å². The van der Waals surface area contributed by atoms with E-state index in [2.05, 4.69) is 11.1 Å². The third-order valence-electron chi connectivity index (χ3n) is 4.43. The van der Waals surface area contributed by atoms with Gasteiger partial charge in [-0.1, -0.05) is 0 Å². The number of nitriles is 1. The van der Waals surface area contributed by atoms with E-state index in [1.54, 1.807) is 38.4 Å². The van der Waals surface area contributed by atoms with Gasteiger partial charge in [0.15, 0.2) is 0 Å². The van der Waals surface area contributed by atoms with Crippen LogP contribution in [0.1, 0.15) is 24.1 Å². The second kappa shape index (κ2) is 7.54. The van der Waals surface area contributed by atoms with Crippen LogP contribution in [0.2, 0.25) is 0 Å². The number of hydrogen-bond donors (Lipinski definition) is 0. The van der Waals surface area contributed by atoms with Gasteiger partial charge < -0.3 is 9.30 Å². The molecule has 0 radical (unpaired) electrons. The highest BCUT2D eigenvalue weighted by molar-refractivity contribution is 6.07. The zero-order valence-electron chi connectivity index (χ0n) is 14.9. The molecular formula is C20H17F2N3O2. The fourth-order valence-electron chi connectivity index (χ4n) is 3.08. The molecule has 0 aliphatic rings. The van der Waals surface area contributed by atoms with E-state index in [0.29, 0.717) is 34.3 Å². The van der Waals surface area contributed by atoms with Crippen molar-refractivity contribution >= 4 is 21.7 Å². The number of benzene rings is 1. The molecule has 1 aromatic carbocycles. The third-order valence-corrected chi connectivity index (χ3v) is 4.43. The second-order valence-corrected chi connectivity index (χ2v) is 6.14. The van der Waals surface area contributed by atoms with E-state index in [0.717, 1.165) is 16.8 Å².